The summed E-state index contributed by atoms with van der Waals surface area (Å²) >= 11 is 0. The Morgan fingerprint density at radius 2 is 2.28 bits per heavy atom. The molecule has 1 amide bonds. The minimum atomic E-state index is -0.581. The summed E-state index contributed by atoms with van der Waals surface area (Å²) in [6.45, 7) is 0.481. The van der Waals surface area contributed by atoms with Gasteiger partial charge in [-0.15, -0.1) is 0 Å². The lowest BCUT2D eigenvalue weighted by atomic mass is 10.1. The zero-order chi connectivity index (χ0) is 13.1. The summed E-state index contributed by atoms with van der Waals surface area (Å²) < 4.78 is 5.33. The predicted octanol–water partition coefficient (Wildman–Crippen LogP) is 0.628. The summed E-state index contributed by atoms with van der Waals surface area (Å²) in [5, 5.41) is 10.7. The van der Waals surface area contributed by atoms with Gasteiger partial charge in [-0.05, 0) is 6.07 Å². The molecule has 0 radical (unpaired) electrons. The van der Waals surface area contributed by atoms with Crippen LogP contribution in [0.4, 0.5) is 5.69 Å². The maximum absolute atomic E-state index is 12.1. The summed E-state index contributed by atoms with van der Waals surface area (Å²) in [5.41, 5.74) is -0.0674. The monoisotopic (exact) mass is 250 g/mol. The standard InChI is InChI=1S/C11H10N2O5/c14-5-3-12-4-6-18-10-2-1-8(13(16)17)7-9(10)11(12)15/h1-2,5,7H,3-4,6H2. The quantitative estimate of drug-likeness (QED) is 0.446. The molecule has 0 atom stereocenters. The number of ether oxygens (including phenoxy) is 1. The number of nitro groups is 1. The summed E-state index contributed by atoms with van der Waals surface area (Å²) in [5.74, 6) is -0.128. The van der Waals surface area contributed by atoms with E-state index >= 15 is 0 Å². The van der Waals surface area contributed by atoms with Crippen molar-refractivity contribution in [3.05, 3.63) is 33.9 Å². The maximum Gasteiger partial charge on any atom is 0.270 e. The zero-order valence-electron chi connectivity index (χ0n) is 9.37. The highest BCUT2D eigenvalue weighted by Crippen LogP contribution is 2.27. The molecule has 0 aliphatic carbocycles. The molecule has 1 heterocycles. The highest BCUT2D eigenvalue weighted by Gasteiger charge is 2.25. The molecule has 0 saturated heterocycles. The van der Waals surface area contributed by atoms with Crippen LogP contribution in [-0.4, -0.2) is 41.7 Å². The van der Waals surface area contributed by atoms with E-state index in [1.165, 1.54) is 23.1 Å². The molecular weight excluding hydrogens is 240 g/mol. The van der Waals surface area contributed by atoms with Gasteiger partial charge in [-0.2, -0.15) is 0 Å². The lowest BCUT2D eigenvalue weighted by Gasteiger charge is -2.15. The van der Waals surface area contributed by atoms with Crippen LogP contribution in [0.3, 0.4) is 0 Å². The maximum atomic E-state index is 12.1. The average molecular weight is 250 g/mol. The third kappa shape index (κ3) is 2.15. The number of benzene rings is 1. The molecule has 1 aliphatic heterocycles. The number of hydrogen-bond donors (Lipinski definition) is 0. The Kier molecular flexibility index (Phi) is 3.22. The van der Waals surface area contributed by atoms with Gasteiger partial charge in [0.25, 0.3) is 11.6 Å². The van der Waals surface area contributed by atoms with Crippen LogP contribution in [0.15, 0.2) is 18.2 Å². The fourth-order valence-corrected chi connectivity index (χ4v) is 1.73. The van der Waals surface area contributed by atoms with Crippen molar-refractivity contribution in [1.29, 1.82) is 0 Å². The van der Waals surface area contributed by atoms with E-state index in [0.717, 1.165) is 0 Å². The molecular formula is C11H10N2O5. The lowest BCUT2D eigenvalue weighted by molar-refractivity contribution is -0.384. The molecule has 18 heavy (non-hydrogen) atoms. The van der Waals surface area contributed by atoms with E-state index in [1.54, 1.807) is 0 Å². The van der Waals surface area contributed by atoms with E-state index in [1.807, 2.05) is 0 Å². The Labute approximate surface area is 102 Å². The molecule has 7 nitrogen and oxygen atoms in total. The van der Waals surface area contributed by atoms with E-state index in [4.69, 9.17) is 4.74 Å². The van der Waals surface area contributed by atoms with Gasteiger partial charge in [-0.3, -0.25) is 14.9 Å². The third-order valence-electron chi connectivity index (χ3n) is 2.61. The number of aldehydes is 1. The second kappa shape index (κ2) is 4.82. The van der Waals surface area contributed by atoms with Crippen LogP contribution in [0.5, 0.6) is 5.75 Å². The molecule has 1 aromatic rings. The van der Waals surface area contributed by atoms with Gasteiger partial charge in [0.2, 0.25) is 0 Å². The van der Waals surface area contributed by atoms with Crippen molar-refractivity contribution in [2.75, 3.05) is 19.7 Å². The third-order valence-corrected chi connectivity index (χ3v) is 2.61. The number of non-ortho nitro benzene ring substituents is 1. The van der Waals surface area contributed by atoms with Crippen LogP contribution < -0.4 is 4.74 Å². The van der Waals surface area contributed by atoms with Crippen LogP contribution in [0.2, 0.25) is 0 Å². The van der Waals surface area contributed by atoms with Crippen molar-refractivity contribution in [3.63, 3.8) is 0 Å². The summed E-state index contributed by atoms with van der Waals surface area (Å²) in [6.07, 6.45) is 0.611. The van der Waals surface area contributed by atoms with Crippen LogP contribution in [-0.2, 0) is 4.79 Å². The number of amides is 1. The van der Waals surface area contributed by atoms with Gasteiger partial charge < -0.3 is 14.4 Å². The molecule has 0 N–H and O–H groups in total. The number of nitrogens with zero attached hydrogens (tertiary/aromatic N) is 2. The van der Waals surface area contributed by atoms with Gasteiger partial charge in [-0.1, -0.05) is 0 Å². The Balaban J connectivity index is 2.42. The molecule has 0 saturated carbocycles. The molecule has 0 fully saturated rings. The number of nitro benzene ring substituents is 1. The molecule has 2 rings (SSSR count). The predicted molar refractivity (Wildman–Crippen MR) is 60.6 cm³/mol. The van der Waals surface area contributed by atoms with Crippen molar-refractivity contribution in [1.82, 2.24) is 4.90 Å². The summed E-state index contributed by atoms with van der Waals surface area (Å²) in [7, 11) is 0. The number of rotatable bonds is 3. The number of carbonyl (C=O) groups is 2. The van der Waals surface area contributed by atoms with Crippen molar-refractivity contribution in [3.8, 4) is 5.75 Å². The topological polar surface area (TPSA) is 89.8 Å². The number of hydrogen-bond acceptors (Lipinski definition) is 5. The van der Waals surface area contributed by atoms with Gasteiger partial charge in [0.15, 0.2) is 0 Å². The van der Waals surface area contributed by atoms with E-state index in [9.17, 15) is 19.7 Å². The highest BCUT2D eigenvalue weighted by atomic mass is 16.6. The van der Waals surface area contributed by atoms with Gasteiger partial charge >= 0.3 is 0 Å². The van der Waals surface area contributed by atoms with E-state index in [0.29, 0.717) is 12.0 Å². The highest BCUT2D eigenvalue weighted by molar-refractivity contribution is 5.98. The summed E-state index contributed by atoms with van der Waals surface area (Å²) in [6, 6.07) is 3.85. The molecule has 1 aliphatic rings. The van der Waals surface area contributed by atoms with Gasteiger partial charge in [0.1, 0.15) is 18.6 Å². The first-order valence-corrected chi connectivity index (χ1v) is 5.27. The first-order valence-electron chi connectivity index (χ1n) is 5.27. The molecule has 0 aromatic heterocycles. The largest absolute Gasteiger partial charge is 0.491 e. The first kappa shape index (κ1) is 12.0. The second-order valence-electron chi connectivity index (χ2n) is 3.70. The fourth-order valence-electron chi connectivity index (χ4n) is 1.73. The first-order chi connectivity index (χ1) is 8.63. The van der Waals surface area contributed by atoms with Crippen molar-refractivity contribution >= 4 is 17.9 Å². The minimum absolute atomic E-state index is 0.0513. The molecule has 1 aromatic carbocycles. The van der Waals surface area contributed by atoms with Gasteiger partial charge in [0.05, 0.1) is 23.6 Å². The van der Waals surface area contributed by atoms with E-state index < -0.39 is 10.8 Å². The zero-order valence-corrected chi connectivity index (χ0v) is 9.37. The normalized spacial score (nSPS) is 14.4. The average Bonchev–Trinajstić information content (AvgIpc) is 2.50. The SMILES string of the molecule is O=CCN1CCOc2ccc([N+](=O)[O-])cc2C1=O. The number of carbonyl (C=O) groups excluding carboxylic acids is 2. The minimum Gasteiger partial charge on any atom is -0.491 e. The smallest absolute Gasteiger partial charge is 0.270 e. The molecule has 0 bridgehead atoms. The lowest BCUT2D eigenvalue weighted by Crippen LogP contribution is -2.33. The van der Waals surface area contributed by atoms with Crippen LogP contribution >= 0.6 is 0 Å². The van der Waals surface area contributed by atoms with Crippen molar-refractivity contribution in [2.45, 2.75) is 0 Å². The molecule has 94 valence electrons. The van der Waals surface area contributed by atoms with Crippen LogP contribution in [0.25, 0.3) is 0 Å². The molecule has 7 heteroatoms. The van der Waals surface area contributed by atoms with Gasteiger partial charge in [-0.25, -0.2) is 0 Å². The fraction of sp³-hybridized carbons (Fsp3) is 0.273. The van der Waals surface area contributed by atoms with E-state index in [-0.39, 0.29) is 30.9 Å². The van der Waals surface area contributed by atoms with Crippen LogP contribution in [0, 0.1) is 10.1 Å². The van der Waals surface area contributed by atoms with Gasteiger partial charge in [0, 0.05) is 12.1 Å². The number of fused-ring (bicyclic) bond motifs is 1. The Morgan fingerprint density at radius 3 is 2.94 bits per heavy atom. The van der Waals surface area contributed by atoms with Crippen molar-refractivity contribution in [2.24, 2.45) is 0 Å². The second-order valence-corrected chi connectivity index (χ2v) is 3.70. The molecule has 0 spiro atoms. The molecule has 0 unspecified atom stereocenters. The van der Waals surface area contributed by atoms with Crippen molar-refractivity contribution < 1.29 is 19.2 Å². The van der Waals surface area contributed by atoms with Crippen LogP contribution in [0.1, 0.15) is 10.4 Å². The Hall–Kier alpha value is -2.44. The van der Waals surface area contributed by atoms with E-state index in [2.05, 4.69) is 0 Å². The Bertz CT molecular complexity index is 514. The Morgan fingerprint density at radius 1 is 1.50 bits per heavy atom. The summed E-state index contributed by atoms with van der Waals surface area (Å²) in [4.78, 5) is 33.9.